The Morgan fingerprint density at radius 2 is 1.89 bits per heavy atom. The highest BCUT2D eigenvalue weighted by molar-refractivity contribution is 6.03. The lowest BCUT2D eigenvalue weighted by molar-refractivity contribution is -0.115. The van der Waals surface area contributed by atoms with Gasteiger partial charge in [0.15, 0.2) is 0 Å². The highest BCUT2D eigenvalue weighted by Gasteiger charge is 2.36. The molecule has 1 fully saturated rings. The standard InChI is InChI=1S/C24H28F2N6O3/c1-13(2)32-22(27)20(23(28)34)21(30-32)16-5-3-14(4-6-16)11-18(33)29-19-12-17(31-35-19)15-7-9-24(25,26)10-8-15/h3-6,12-13,15H,7-11,27H2,1-2H3,(H2,28,34)(H,29,33). The topological polar surface area (TPSA) is 142 Å². The fraction of sp³-hybridized carbons (Fsp3) is 0.417. The van der Waals surface area contributed by atoms with Crippen molar-refractivity contribution in [3.8, 4) is 11.3 Å². The molecule has 0 aliphatic heterocycles. The molecule has 0 atom stereocenters. The molecule has 35 heavy (non-hydrogen) atoms. The fourth-order valence-corrected chi connectivity index (χ4v) is 4.31. The van der Waals surface area contributed by atoms with E-state index in [2.05, 4.69) is 15.6 Å². The van der Waals surface area contributed by atoms with Crippen LogP contribution in [0.15, 0.2) is 34.9 Å². The molecule has 1 aromatic carbocycles. The number of anilines is 2. The predicted octanol–water partition coefficient (Wildman–Crippen LogP) is 4.27. The first-order chi connectivity index (χ1) is 16.5. The Bertz CT molecular complexity index is 1220. The molecule has 1 saturated carbocycles. The molecule has 2 amide bonds. The second kappa shape index (κ2) is 9.47. The van der Waals surface area contributed by atoms with Crippen molar-refractivity contribution in [3.05, 3.63) is 47.2 Å². The van der Waals surface area contributed by atoms with E-state index in [0.29, 0.717) is 29.8 Å². The summed E-state index contributed by atoms with van der Waals surface area (Å²) >= 11 is 0. The summed E-state index contributed by atoms with van der Waals surface area (Å²) in [6, 6.07) is 8.52. The zero-order valence-electron chi connectivity index (χ0n) is 19.6. The van der Waals surface area contributed by atoms with Gasteiger partial charge < -0.3 is 16.0 Å². The molecule has 186 valence electrons. The summed E-state index contributed by atoms with van der Waals surface area (Å²) in [7, 11) is 0. The lowest BCUT2D eigenvalue weighted by Crippen LogP contribution is -2.23. The van der Waals surface area contributed by atoms with Crippen LogP contribution in [0.5, 0.6) is 0 Å². The van der Waals surface area contributed by atoms with Crippen molar-refractivity contribution >= 4 is 23.5 Å². The SMILES string of the molecule is CC(C)n1nc(-c2ccc(CC(=O)Nc3cc(C4CCC(F)(F)CC4)no3)cc2)c(C(N)=O)c1N. The number of primary amides is 1. The molecular weight excluding hydrogens is 458 g/mol. The van der Waals surface area contributed by atoms with E-state index in [-0.39, 0.29) is 54.4 Å². The van der Waals surface area contributed by atoms with Crippen molar-refractivity contribution in [2.24, 2.45) is 5.73 Å². The van der Waals surface area contributed by atoms with E-state index in [9.17, 15) is 18.4 Å². The highest BCUT2D eigenvalue weighted by Crippen LogP contribution is 2.41. The maximum atomic E-state index is 13.4. The molecule has 5 N–H and O–H groups in total. The summed E-state index contributed by atoms with van der Waals surface area (Å²) in [5.74, 6) is -3.31. The Kier molecular flexibility index (Phi) is 6.60. The minimum Gasteiger partial charge on any atom is -0.383 e. The summed E-state index contributed by atoms with van der Waals surface area (Å²) in [6.07, 6.45) is 0.383. The second-order valence-electron chi connectivity index (χ2n) is 9.18. The van der Waals surface area contributed by atoms with Gasteiger partial charge in [0.1, 0.15) is 17.1 Å². The van der Waals surface area contributed by atoms with Crippen LogP contribution in [0, 0.1) is 0 Å². The monoisotopic (exact) mass is 486 g/mol. The van der Waals surface area contributed by atoms with E-state index >= 15 is 0 Å². The third kappa shape index (κ3) is 5.33. The van der Waals surface area contributed by atoms with Crippen molar-refractivity contribution in [3.63, 3.8) is 0 Å². The summed E-state index contributed by atoms with van der Waals surface area (Å²) in [4.78, 5) is 24.4. The Morgan fingerprint density at radius 3 is 2.49 bits per heavy atom. The van der Waals surface area contributed by atoms with Gasteiger partial charge in [-0.25, -0.2) is 13.5 Å². The highest BCUT2D eigenvalue weighted by atomic mass is 19.3. The van der Waals surface area contributed by atoms with Gasteiger partial charge in [-0.2, -0.15) is 5.10 Å². The lowest BCUT2D eigenvalue weighted by atomic mass is 9.85. The molecule has 9 nitrogen and oxygen atoms in total. The summed E-state index contributed by atoms with van der Waals surface area (Å²) in [5.41, 5.74) is 14.1. The number of alkyl halides is 2. The number of carbonyl (C=O) groups is 2. The molecule has 0 saturated heterocycles. The van der Waals surface area contributed by atoms with Crippen molar-refractivity contribution in [1.82, 2.24) is 14.9 Å². The maximum absolute atomic E-state index is 13.4. The largest absolute Gasteiger partial charge is 0.383 e. The van der Waals surface area contributed by atoms with Gasteiger partial charge in [-0.15, -0.1) is 0 Å². The van der Waals surface area contributed by atoms with E-state index in [0.717, 1.165) is 5.56 Å². The molecule has 0 radical (unpaired) electrons. The average molecular weight is 487 g/mol. The van der Waals surface area contributed by atoms with Gasteiger partial charge >= 0.3 is 0 Å². The molecule has 2 aromatic heterocycles. The van der Waals surface area contributed by atoms with Crippen LogP contribution in [0.4, 0.5) is 20.5 Å². The molecule has 0 spiro atoms. The number of aromatic nitrogens is 3. The third-order valence-corrected chi connectivity index (χ3v) is 6.20. The van der Waals surface area contributed by atoms with Crippen LogP contribution < -0.4 is 16.8 Å². The minimum atomic E-state index is -2.62. The van der Waals surface area contributed by atoms with Crippen LogP contribution in [0.25, 0.3) is 11.3 Å². The molecule has 2 heterocycles. The molecule has 1 aliphatic rings. The number of nitrogens with one attached hydrogen (secondary N) is 1. The van der Waals surface area contributed by atoms with Gasteiger partial charge in [0.05, 0.1) is 12.1 Å². The molecule has 1 aliphatic carbocycles. The van der Waals surface area contributed by atoms with Crippen molar-refractivity contribution in [1.29, 1.82) is 0 Å². The number of hydrogen-bond donors (Lipinski definition) is 3. The zero-order valence-corrected chi connectivity index (χ0v) is 19.6. The van der Waals surface area contributed by atoms with Crippen LogP contribution in [0.1, 0.15) is 73.1 Å². The predicted molar refractivity (Wildman–Crippen MR) is 126 cm³/mol. The van der Waals surface area contributed by atoms with E-state index < -0.39 is 11.8 Å². The van der Waals surface area contributed by atoms with E-state index in [4.69, 9.17) is 16.0 Å². The Hall–Kier alpha value is -3.76. The normalized spacial score (nSPS) is 15.9. The molecule has 4 rings (SSSR count). The smallest absolute Gasteiger partial charge is 0.254 e. The number of carbonyl (C=O) groups excluding carboxylic acids is 2. The molecule has 0 bridgehead atoms. The van der Waals surface area contributed by atoms with Gasteiger partial charge in [0.2, 0.25) is 17.7 Å². The lowest BCUT2D eigenvalue weighted by Gasteiger charge is -2.26. The molecular formula is C24H28F2N6O3. The van der Waals surface area contributed by atoms with Gasteiger partial charge in [-0.05, 0) is 32.3 Å². The Balaban J connectivity index is 1.40. The zero-order chi connectivity index (χ0) is 25.3. The maximum Gasteiger partial charge on any atom is 0.254 e. The number of benzene rings is 1. The fourth-order valence-electron chi connectivity index (χ4n) is 4.31. The number of nitrogens with zero attached hydrogens (tertiary/aromatic N) is 3. The Morgan fingerprint density at radius 1 is 1.23 bits per heavy atom. The van der Waals surface area contributed by atoms with Gasteiger partial charge in [-0.3, -0.25) is 14.9 Å². The number of halogens is 2. The van der Waals surface area contributed by atoms with Crippen molar-refractivity contribution < 1.29 is 22.9 Å². The number of rotatable bonds is 7. The van der Waals surface area contributed by atoms with Crippen molar-refractivity contribution in [2.75, 3.05) is 11.1 Å². The van der Waals surface area contributed by atoms with Crippen LogP contribution in [-0.2, 0) is 11.2 Å². The summed E-state index contributed by atoms with van der Waals surface area (Å²) in [5, 5.41) is 11.0. The average Bonchev–Trinajstić information content (AvgIpc) is 3.38. The van der Waals surface area contributed by atoms with Gasteiger partial charge in [0.25, 0.3) is 5.91 Å². The summed E-state index contributed by atoms with van der Waals surface area (Å²) in [6.45, 7) is 3.79. The van der Waals surface area contributed by atoms with Crippen LogP contribution in [-0.4, -0.2) is 32.7 Å². The number of nitrogen functional groups attached to an aromatic ring is 1. The van der Waals surface area contributed by atoms with Gasteiger partial charge in [-0.1, -0.05) is 29.4 Å². The Labute approximate surface area is 200 Å². The van der Waals surface area contributed by atoms with Crippen LogP contribution in [0.2, 0.25) is 0 Å². The van der Waals surface area contributed by atoms with Crippen LogP contribution in [0.3, 0.4) is 0 Å². The third-order valence-electron chi connectivity index (χ3n) is 6.20. The molecule has 3 aromatic rings. The number of amides is 2. The summed E-state index contributed by atoms with van der Waals surface area (Å²) < 4.78 is 33.5. The first kappa shape index (κ1) is 24.4. The van der Waals surface area contributed by atoms with Crippen molar-refractivity contribution in [2.45, 2.75) is 63.8 Å². The number of hydrogen-bond acceptors (Lipinski definition) is 6. The van der Waals surface area contributed by atoms with Crippen LogP contribution >= 0.6 is 0 Å². The van der Waals surface area contributed by atoms with E-state index in [1.807, 2.05) is 13.8 Å². The molecule has 0 unspecified atom stereocenters. The first-order valence-corrected chi connectivity index (χ1v) is 11.5. The molecule has 11 heteroatoms. The minimum absolute atomic E-state index is 0.0551. The first-order valence-electron chi connectivity index (χ1n) is 11.5. The quantitative estimate of drug-likeness (QED) is 0.455. The second-order valence-corrected chi connectivity index (χ2v) is 9.18. The number of nitrogens with two attached hydrogens (primary N) is 2. The van der Waals surface area contributed by atoms with Gasteiger partial charge in [0, 0.05) is 36.4 Å². The van der Waals surface area contributed by atoms with E-state index in [1.165, 1.54) is 0 Å². The van der Waals surface area contributed by atoms with E-state index in [1.54, 1.807) is 35.0 Å².